The van der Waals surface area contributed by atoms with E-state index in [2.05, 4.69) is 36.2 Å². The van der Waals surface area contributed by atoms with Crippen molar-refractivity contribution in [2.75, 3.05) is 5.75 Å². The Morgan fingerprint density at radius 3 is 2.33 bits per heavy atom. The first-order valence-corrected chi connectivity index (χ1v) is 13.1. The van der Waals surface area contributed by atoms with Crippen LogP contribution in [0.15, 0.2) is 17.4 Å². The fourth-order valence-corrected chi connectivity index (χ4v) is 6.25. The van der Waals surface area contributed by atoms with E-state index in [1.807, 2.05) is 0 Å². The monoisotopic (exact) mass is 588 g/mol. The Morgan fingerprint density at radius 2 is 1.76 bits per heavy atom. The van der Waals surface area contributed by atoms with E-state index >= 15 is 0 Å². The van der Waals surface area contributed by atoms with Gasteiger partial charge in [-0.05, 0) is 0 Å². The molecule has 0 saturated carbocycles. The lowest BCUT2D eigenvalue weighted by Gasteiger charge is -2.23. The van der Waals surface area contributed by atoms with Crippen molar-refractivity contribution in [3.63, 3.8) is 0 Å². The molecule has 1 fully saturated rings. The van der Waals surface area contributed by atoms with Crippen LogP contribution in [0.1, 0.15) is 6.23 Å². The molecule has 6 N–H and O–H groups in total. The summed E-state index contributed by atoms with van der Waals surface area (Å²) in [7, 11) is -16.9. The fourth-order valence-electron chi connectivity index (χ4n) is 2.73. The van der Waals surface area contributed by atoms with Crippen molar-refractivity contribution in [1.82, 2.24) is 19.5 Å². The third-order valence-electron chi connectivity index (χ3n) is 3.80. The standard InChI is InChI=1S/C10H15N4O13P3S.2S/c15-6-7(25-29(20,21)27-30(22,23)26-28(17,18)19)4(1-31)24-10(6)14-3-13-5-8(14)11-2-12-9(5)16;;/h2-4,6-7,10,15,31H,1H2,(H,20,21)(H,22,23)(H,11,12,16)(H2,17,18,19);;/q;2*-2/t4-,6-,7-,10-;;/m1../s1. The Morgan fingerprint density at radius 1 is 1.12 bits per heavy atom. The minimum Gasteiger partial charge on any atom is -2.00 e. The number of thiol groups is 1. The maximum atomic E-state index is 12.1. The summed E-state index contributed by atoms with van der Waals surface area (Å²) in [6.45, 7) is 0. The summed E-state index contributed by atoms with van der Waals surface area (Å²) in [5.41, 5.74) is -0.659. The van der Waals surface area contributed by atoms with Gasteiger partial charge < -0.3 is 61.4 Å². The maximum Gasteiger partial charge on any atom is 0.490 e. The van der Waals surface area contributed by atoms with Crippen LogP contribution in [0.5, 0.6) is 0 Å². The van der Waals surface area contributed by atoms with E-state index in [1.165, 1.54) is 0 Å². The molecule has 23 heteroatoms. The summed E-state index contributed by atoms with van der Waals surface area (Å²) >= 11 is 3.98. The van der Waals surface area contributed by atoms with Crippen molar-refractivity contribution < 1.29 is 56.3 Å². The quantitative estimate of drug-likeness (QED) is 0.144. The average molecular weight is 588 g/mol. The highest BCUT2D eigenvalue weighted by molar-refractivity contribution is 7.80. The topological polar surface area (TPSA) is 253 Å². The molecule has 0 amide bonds. The lowest BCUT2D eigenvalue weighted by atomic mass is 10.1. The Bertz CT molecular complexity index is 1170. The van der Waals surface area contributed by atoms with Crippen molar-refractivity contribution in [1.29, 1.82) is 0 Å². The van der Waals surface area contributed by atoms with Crippen molar-refractivity contribution in [2.24, 2.45) is 0 Å². The van der Waals surface area contributed by atoms with Crippen LogP contribution in [-0.2, 0) is 58.6 Å². The van der Waals surface area contributed by atoms with Gasteiger partial charge in [0.1, 0.15) is 12.2 Å². The fraction of sp³-hybridized carbons (Fsp3) is 0.500. The zero-order valence-electron chi connectivity index (χ0n) is 15.6. The highest BCUT2D eigenvalue weighted by Crippen LogP contribution is 2.67. The van der Waals surface area contributed by atoms with Crippen molar-refractivity contribution >= 4 is 74.3 Å². The third kappa shape index (κ3) is 7.36. The second-order valence-corrected chi connectivity index (χ2v) is 10.7. The zero-order chi connectivity index (χ0) is 23.2. The van der Waals surface area contributed by atoms with E-state index in [9.17, 15) is 33.4 Å². The van der Waals surface area contributed by atoms with Gasteiger partial charge in [-0.25, -0.2) is 23.7 Å². The van der Waals surface area contributed by atoms with Crippen LogP contribution >= 0.6 is 36.1 Å². The molecular formula is C10H15N4O13P3S3-4. The number of aliphatic hydroxyl groups is 1. The summed E-state index contributed by atoms with van der Waals surface area (Å²) in [5, 5.41) is 10.6. The summed E-state index contributed by atoms with van der Waals surface area (Å²) < 4.78 is 52.9. The van der Waals surface area contributed by atoms with E-state index in [-0.39, 0.29) is 43.9 Å². The molecule has 0 bridgehead atoms. The van der Waals surface area contributed by atoms with Crippen LogP contribution in [0.4, 0.5) is 0 Å². The van der Waals surface area contributed by atoms with Gasteiger partial charge in [-0.1, -0.05) is 0 Å². The van der Waals surface area contributed by atoms with Crippen molar-refractivity contribution in [3.8, 4) is 0 Å². The van der Waals surface area contributed by atoms with Gasteiger partial charge in [-0.15, -0.1) is 0 Å². The average Bonchev–Trinajstić information content (AvgIpc) is 3.14. The predicted octanol–water partition coefficient (Wildman–Crippen LogP) is -0.985. The summed E-state index contributed by atoms with van der Waals surface area (Å²) in [6, 6.07) is 0. The number of phosphoric acid groups is 3. The molecule has 0 radical (unpaired) electrons. The first kappa shape index (κ1) is 30.8. The number of phosphoric ester groups is 1. The van der Waals surface area contributed by atoms with E-state index < -0.39 is 53.6 Å². The van der Waals surface area contributed by atoms with Crippen molar-refractivity contribution in [3.05, 3.63) is 23.0 Å². The highest BCUT2D eigenvalue weighted by atomic mass is 32.1. The molecule has 0 aliphatic carbocycles. The third-order valence-corrected chi connectivity index (χ3v) is 8.00. The number of H-pyrrole nitrogens is 1. The number of nitrogens with one attached hydrogen (secondary N) is 1. The molecule has 17 nitrogen and oxygen atoms in total. The van der Waals surface area contributed by atoms with Crippen LogP contribution < -0.4 is 5.56 Å². The molecule has 2 aromatic rings. The number of aromatic amines is 1. The smallest absolute Gasteiger partial charge is 0.490 e. The van der Waals surface area contributed by atoms with Gasteiger partial charge in [0.2, 0.25) is 0 Å². The number of rotatable bonds is 8. The molecule has 0 aromatic carbocycles. The lowest BCUT2D eigenvalue weighted by molar-refractivity contribution is -0.0288. The molecule has 33 heavy (non-hydrogen) atoms. The highest BCUT2D eigenvalue weighted by Gasteiger charge is 2.50. The Kier molecular flexibility index (Phi) is 10.4. The maximum absolute atomic E-state index is 12.1. The first-order valence-electron chi connectivity index (χ1n) is 7.90. The molecule has 2 unspecified atom stereocenters. The molecule has 1 saturated heterocycles. The second-order valence-electron chi connectivity index (χ2n) is 5.95. The van der Waals surface area contributed by atoms with Crippen LogP contribution in [0, 0.1) is 0 Å². The molecule has 3 heterocycles. The Hall–Kier alpha value is -0.270. The largest absolute Gasteiger partial charge is 2.00 e. The number of imidazole rings is 1. The van der Waals surface area contributed by atoms with Crippen LogP contribution in [-0.4, -0.2) is 68.3 Å². The number of hydrogen-bond acceptors (Lipinski definition) is 12. The number of aromatic nitrogens is 4. The first-order chi connectivity index (χ1) is 14.2. The number of hydrogen-bond donors (Lipinski definition) is 7. The Labute approximate surface area is 203 Å². The van der Waals surface area contributed by atoms with Gasteiger partial charge in [0, 0.05) is 5.75 Å². The predicted molar refractivity (Wildman–Crippen MR) is 115 cm³/mol. The lowest BCUT2D eigenvalue weighted by Crippen LogP contribution is -2.34. The molecule has 190 valence electrons. The number of aliphatic hydroxyl groups excluding tert-OH is 1. The van der Waals surface area contributed by atoms with Crippen molar-refractivity contribution in [2.45, 2.75) is 24.5 Å². The second kappa shape index (κ2) is 11.2. The van der Waals surface area contributed by atoms with Crippen LogP contribution in [0.3, 0.4) is 0 Å². The van der Waals surface area contributed by atoms with E-state index in [0.29, 0.717) is 0 Å². The molecule has 6 atom stereocenters. The zero-order valence-corrected chi connectivity index (χ0v) is 20.8. The number of ether oxygens (including phenoxy) is 1. The summed E-state index contributed by atoms with van der Waals surface area (Å²) in [4.78, 5) is 57.9. The van der Waals surface area contributed by atoms with E-state index in [0.717, 1.165) is 17.2 Å². The SMILES string of the molecule is O=c1[nH]cnc2c1ncn2[C@@H]1O[C@H](CS)[C@@H](OP(=O)(O)OP(=O)(O)OP(=O)(O)O)[C@H]1O.[S-2].[S-2]. The Balaban J connectivity index is 0.00000272. The minimum absolute atomic E-state index is 0. The molecule has 1 aliphatic rings. The van der Waals surface area contributed by atoms with E-state index in [4.69, 9.17) is 19.0 Å². The number of nitrogens with zero attached hydrogens (tertiary/aromatic N) is 3. The summed E-state index contributed by atoms with van der Waals surface area (Å²) in [6.07, 6.45) is -3.76. The normalized spacial score (nSPS) is 26.7. The molecule has 2 aromatic heterocycles. The van der Waals surface area contributed by atoms with Gasteiger partial charge >= 0.3 is 23.5 Å². The van der Waals surface area contributed by atoms with Gasteiger partial charge in [0.15, 0.2) is 17.4 Å². The number of fused-ring (bicyclic) bond motifs is 1. The van der Waals surface area contributed by atoms with Gasteiger partial charge in [0.05, 0.1) is 18.8 Å². The summed E-state index contributed by atoms with van der Waals surface area (Å²) in [5.74, 6) is -0.186. The van der Waals surface area contributed by atoms with Gasteiger partial charge in [-0.2, -0.15) is 21.3 Å². The van der Waals surface area contributed by atoms with Gasteiger partial charge in [-0.3, -0.25) is 13.9 Å². The van der Waals surface area contributed by atoms with Gasteiger partial charge in [0.25, 0.3) is 5.56 Å². The van der Waals surface area contributed by atoms with Crippen LogP contribution in [0.2, 0.25) is 0 Å². The minimum atomic E-state index is -5.75. The molecule has 3 rings (SSSR count). The molecule has 1 aliphatic heterocycles. The molecule has 0 spiro atoms. The molecular weight excluding hydrogens is 573 g/mol. The van der Waals surface area contributed by atoms with E-state index in [1.54, 1.807) is 0 Å². The van der Waals surface area contributed by atoms with Crippen LogP contribution in [0.25, 0.3) is 11.2 Å².